The first kappa shape index (κ1) is 14.0. The number of hydrazone groups is 1. The molecule has 98 valence electrons. The topological polar surface area (TPSA) is 82.8 Å². The summed E-state index contributed by atoms with van der Waals surface area (Å²) in [6.07, 6.45) is 1.56. The van der Waals surface area contributed by atoms with Crippen molar-refractivity contribution in [3.63, 3.8) is 0 Å². The Kier molecular flexibility index (Phi) is 5.66. The molecule has 0 fully saturated rings. The predicted octanol–water partition coefficient (Wildman–Crippen LogP) is 1.04. The lowest BCUT2D eigenvalue weighted by Crippen LogP contribution is -2.37. The average Bonchev–Trinajstić information content (AvgIpc) is 2.41. The van der Waals surface area contributed by atoms with Crippen LogP contribution in [0.2, 0.25) is 0 Å². The van der Waals surface area contributed by atoms with Crippen LogP contribution in [0.4, 0.5) is 10.5 Å². The highest BCUT2D eigenvalue weighted by molar-refractivity contribution is 5.82. The van der Waals surface area contributed by atoms with Gasteiger partial charge in [-0.1, -0.05) is 12.1 Å². The van der Waals surface area contributed by atoms with Crippen molar-refractivity contribution in [2.75, 3.05) is 18.0 Å². The van der Waals surface area contributed by atoms with Crippen LogP contribution in [0.3, 0.4) is 0 Å². The Morgan fingerprint density at radius 2 is 1.94 bits per heavy atom. The SMILES string of the molecule is CCN(CC)c1ccc(/C=N/NC(=O)NN)cc1. The fourth-order valence-electron chi connectivity index (χ4n) is 1.56. The minimum atomic E-state index is -0.550. The zero-order valence-electron chi connectivity index (χ0n) is 10.7. The lowest BCUT2D eigenvalue weighted by molar-refractivity contribution is 0.241. The third-order valence-corrected chi connectivity index (χ3v) is 2.53. The van der Waals surface area contributed by atoms with Crippen molar-refractivity contribution in [2.45, 2.75) is 13.8 Å². The highest BCUT2D eigenvalue weighted by Gasteiger charge is 2.00. The van der Waals surface area contributed by atoms with Crippen LogP contribution in [0.15, 0.2) is 29.4 Å². The van der Waals surface area contributed by atoms with Crippen molar-refractivity contribution in [3.05, 3.63) is 29.8 Å². The Bertz CT molecular complexity index is 397. The fraction of sp³-hybridized carbons (Fsp3) is 0.333. The standard InChI is InChI=1S/C12H19N5O/c1-3-17(4-2)11-7-5-10(6-8-11)9-14-16-12(18)15-13/h5-9H,3-4,13H2,1-2H3,(H2,15,16,18)/b14-9+. The van der Waals surface area contributed by atoms with Gasteiger partial charge in [0.15, 0.2) is 0 Å². The van der Waals surface area contributed by atoms with Gasteiger partial charge in [0.25, 0.3) is 0 Å². The molecular formula is C12H19N5O. The molecule has 0 aliphatic heterocycles. The summed E-state index contributed by atoms with van der Waals surface area (Å²) in [6.45, 7) is 6.19. The van der Waals surface area contributed by atoms with Crippen LogP contribution in [-0.2, 0) is 0 Å². The Morgan fingerprint density at radius 3 is 2.44 bits per heavy atom. The number of carbonyl (C=O) groups is 1. The first-order valence-corrected chi connectivity index (χ1v) is 5.85. The summed E-state index contributed by atoms with van der Waals surface area (Å²) in [6, 6.07) is 7.39. The first-order chi connectivity index (χ1) is 8.71. The summed E-state index contributed by atoms with van der Waals surface area (Å²) in [7, 11) is 0. The van der Waals surface area contributed by atoms with Gasteiger partial charge in [0.05, 0.1) is 6.21 Å². The molecule has 6 heteroatoms. The van der Waals surface area contributed by atoms with E-state index >= 15 is 0 Å². The zero-order valence-corrected chi connectivity index (χ0v) is 10.7. The number of urea groups is 1. The van der Waals surface area contributed by atoms with E-state index in [0.717, 1.165) is 18.7 Å². The molecule has 0 atom stereocenters. The smallest absolute Gasteiger partial charge is 0.349 e. The van der Waals surface area contributed by atoms with E-state index < -0.39 is 6.03 Å². The summed E-state index contributed by atoms with van der Waals surface area (Å²) in [5.74, 6) is 4.89. The van der Waals surface area contributed by atoms with E-state index in [1.54, 1.807) is 6.21 Å². The molecule has 0 aliphatic carbocycles. The van der Waals surface area contributed by atoms with Gasteiger partial charge >= 0.3 is 6.03 Å². The summed E-state index contributed by atoms with van der Waals surface area (Å²) >= 11 is 0. The van der Waals surface area contributed by atoms with E-state index in [9.17, 15) is 4.79 Å². The van der Waals surface area contributed by atoms with Crippen molar-refractivity contribution in [1.82, 2.24) is 10.9 Å². The molecule has 0 bridgehead atoms. The number of hydrogen-bond donors (Lipinski definition) is 3. The van der Waals surface area contributed by atoms with Crippen LogP contribution >= 0.6 is 0 Å². The maximum absolute atomic E-state index is 10.8. The van der Waals surface area contributed by atoms with Crippen molar-refractivity contribution in [1.29, 1.82) is 0 Å². The summed E-state index contributed by atoms with van der Waals surface area (Å²) < 4.78 is 0. The molecule has 0 radical (unpaired) electrons. The molecule has 2 amide bonds. The molecule has 6 nitrogen and oxygen atoms in total. The Labute approximate surface area is 107 Å². The molecule has 0 aromatic heterocycles. The summed E-state index contributed by atoms with van der Waals surface area (Å²) in [5, 5.41) is 3.75. The van der Waals surface area contributed by atoms with Gasteiger partial charge in [0, 0.05) is 18.8 Å². The lowest BCUT2D eigenvalue weighted by atomic mass is 10.2. The molecule has 1 aromatic carbocycles. The maximum Gasteiger partial charge on any atom is 0.349 e. The number of amides is 2. The summed E-state index contributed by atoms with van der Waals surface area (Å²) in [4.78, 5) is 13.0. The van der Waals surface area contributed by atoms with Crippen molar-refractivity contribution in [2.24, 2.45) is 10.9 Å². The summed E-state index contributed by atoms with van der Waals surface area (Å²) in [5.41, 5.74) is 6.22. The van der Waals surface area contributed by atoms with E-state index in [2.05, 4.69) is 29.3 Å². The molecule has 0 aliphatic rings. The zero-order chi connectivity index (χ0) is 13.4. The second kappa shape index (κ2) is 7.29. The average molecular weight is 249 g/mol. The van der Waals surface area contributed by atoms with Crippen molar-refractivity contribution >= 4 is 17.9 Å². The Balaban J connectivity index is 2.62. The van der Waals surface area contributed by atoms with E-state index in [1.807, 2.05) is 29.7 Å². The minimum Gasteiger partial charge on any atom is -0.372 e. The monoisotopic (exact) mass is 249 g/mol. The maximum atomic E-state index is 10.8. The highest BCUT2D eigenvalue weighted by atomic mass is 16.2. The van der Waals surface area contributed by atoms with Crippen LogP contribution in [0, 0.1) is 0 Å². The number of nitrogens with two attached hydrogens (primary N) is 1. The van der Waals surface area contributed by atoms with Crippen LogP contribution < -0.4 is 21.6 Å². The van der Waals surface area contributed by atoms with E-state index in [0.29, 0.717) is 0 Å². The largest absolute Gasteiger partial charge is 0.372 e. The molecular weight excluding hydrogens is 230 g/mol. The van der Waals surface area contributed by atoms with Gasteiger partial charge in [0.1, 0.15) is 0 Å². The quantitative estimate of drug-likeness (QED) is 0.315. The molecule has 18 heavy (non-hydrogen) atoms. The predicted molar refractivity (Wildman–Crippen MR) is 73.5 cm³/mol. The lowest BCUT2D eigenvalue weighted by Gasteiger charge is -2.20. The van der Waals surface area contributed by atoms with Gasteiger partial charge in [0.2, 0.25) is 0 Å². The van der Waals surface area contributed by atoms with Crippen LogP contribution in [-0.4, -0.2) is 25.3 Å². The minimum absolute atomic E-state index is 0.550. The Morgan fingerprint density at radius 1 is 1.33 bits per heavy atom. The number of carbonyl (C=O) groups excluding carboxylic acids is 1. The number of hydrogen-bond acceptors (Lipinski definition) is 4. The molecule has 0 saturated heterocycles. The first-order valence-electron chi connectivity index (χ1n) is 5.85. The molecule has 0 spiro atoms. The fourth-order valence-corrected chi connectivity index (χ4v) is 1.56. The van der Waals surface area contributed by atoms with Crippen LogP contribution in [0.1, 0.15) is 19.4 Å². The molecule has 4 N–H and O–H groups in total. The van der Waals surface area contributed by atoms with Crippen LogP contribution in [0.25, 0.3) is 0 Å². The van der Waals surface area contributed by atoms with Crippen molar-refractivity contribution in [3.8, 4) is 0 Å². The third-order valence-electron chi connectivity index (χ3n) is 2.53. The van der Waals surface area contributed by atoms with E-state index in [-0.39, 0.29) is 0 Å². The number of benzene rings is 1. The number of anilines is 1. The number of nitrogens with zero attached hydrogens (tertiary/aromatic N) is 2. The molecule has 1 aromatic rings. The highest BCUT2D eigenvalue weighted by Crippen LogP contribution is 2.13. The molecule has 0 heterocycles. The Hall–Kier alpha value is -2.08. The second-order valence-electron chi connectivity index (χ2n) is 3.61. The second-order valence-corrected chi connectivity index (χ2v) is 3.61. The van der Waals surface area contributed by atoms with Gasteiger partial charge in [-0.2, -0.15) is 5.10 Å². The number of hydrazine groups is 1. The number of nitrogens with one attached hydrogen (secondary N) is 2. The number of rotatable bonds is 5. The third kappa shape index (κ3) is 4.06. The van der Waals surface area contributed by atoms with Gasteiger partial charge in [-0.25, -0.2) is 16.1 Å². The normalized spacial score (nSPS) is 10.4. The molecule has 0 unspecified atom stereocenters. The van der Waals surface area contributed by atoms with Crippen molar-refractivity contribution < 1.29 is 4.79 Å². The van der Waals surface area contributed by atoms with E-state index in [4.69, 9.17) is 5.84 Å². The van der Waals surface area contributed by atoms with Gasteiger partial charge in [-0.05, 0) is 31.5 Å². The van der Waals surface area contributed by atoms with Gasteiger partial charge in [-0.15, -0.1) is 0 Å². The molecule has 0 saturated carbocycles. The molecule has 1 rings (SSSR count). The van der Waals surface area contributed by atoms with Gasteiger partial charge in [-0.3, -0.25) is 5.43 Å². The van der Waals surface area contributed by atoms with E-state index in [1.165, 1.54) is 5.69 Å². The van der Waals surface area contributed by atoms with Crippen LogP contribution in [0.5, 0.6) is 0 Å². The van der Waals surface area contributed by atoms with Gasteiger partial charge < -0.3 is 4.90 Å².